The molecule has 2 rings (SSSR count). The Bertz CT molecular complexity index is 609. The van der Waals surface area contributed by atoms with E-state index in [9.17, 15) is 15.2 Å². The number of hydrogen-bond acceptors (Lipinski definition) is 4. The van der Waals surface area contributed by atoms with Crippen molar-refractivity contribution in [3.05, 3.63) is 64.2 Å². The molecule has 0 aliphatic heterocycles. The molecule has 0 aliphatic carbocycles. The van der Waals surface area contributed by atoms with Crippen LogP contribution in [0.3, 0.4) is 0 Å². The van der Waals surface area contributed by atoms with Crippen LogP contribution in [0.15, 0.2) is 48.5 Å². The molecule has 0 aliphatic rings. The van der Waals surface area contributed by atoms with Crippen LogP contribution in [0.25, 0.3) is 0 Å². The number of rotatable bonds is 7. The van der Waals surface area contributed by atoms with Gasteiger partial charge >= 0.3 is 0 Å². The standard InChI is InChI=1S/C17H20N2O3/c1-2-3-12-18(15-8-10-17(20)11-9-15)13-14-4-6-16(7-5-14)19(21)22/h4-11,20H,2-3,12-13H2,1H3. The zero-order chi connectivity index (χ0) is 15.9. The third kappa shape index (κ3) is 4.22. The summed E-state index contributed by atoms with van der Waals surface area (Å²) in [5.74, 6) is 0.245. The summed E-state index contributed by atoms with van der Waals surface area (Å²) in [6.07, 6.45) is 2.16. The summed E-state index contributed by atoms with van der Waals surface area (Å²) in [4.78, 5) is 12.5. The predicted octanol–water partition coefficient (Wildman–Crippen LogP) is 4.11. The lowest BCUT2D eigenvalue weighted by Gasteiger charge is -2.25. The van der Waals surface area contributed by atoms with Crippen molar-refractivity contribution >= 4 is 11.4 Å². The minimum absolute atomic E-state index is 0.105. The fourth-order valence-electron chi connectivity index (χ4n) is 2.26. The number of aromatic hydroxyl groups is 1. The van der Waals surface area contributed by atoms with Gasteiger partial charge in [-0.25, -0.2) is 0 Å². The first-order valence-corrected chi connectivity index (χ1v) is 7.37. The zero-order valence-corrected chi connectivity index (χ0v) is 12.6. The normalized spacial score (nSPS) is 10.4. The first kappa shape index (κ1) is 15.8. The maximum absolute atomic E-state index is 10.7. The summed E-state index contributed by atoms with van der Waals surface area (Å²) in [5.41, 5.74) is 2.16. The van der Waals surface area contributed by atoms with Gasteiger partial charge in [0.05, 0.1) is 4.92 Å². The maximum Gasteiger partial charge on any atom is 0.269 e. The molecule has 0 amide bonds. The van der Waals surface area contributed by atoms with Crippen LogP contribution < -0.4 is 4.90 Å². The third-order valence-corrected chi connectivity index (χ3v) is 3.52. The second-order valence-corrected chi connectivity index (χ2v) is 5.22. The molecule has 5 heteroatoms. The van der Waals surface area contributed by atoms with Gasteiger partial charge in [-0.2, -0.15) is 0 Å². The molecule has 0 bridgehead atoms. The van der Waals surface area contributed by atoms with Gasteiger partial charge < -0.3 is 10.0 Å². The highest BCUT2D eigenvalue weighted by Gasteiger charge is 2.09. The second-order valence-electron chi connectivity index (χ2n) is 5.22. The van der Waals surface area contributed by atoms with Gasteiger partial charge in [-0.05, 0) is 36.2 Å². The molecule has 0 atom stereocenters. The van der Waals surface area contributed by atoms with Crippen LogP contribution in [-0.2, 0) is 6.54 Å². The van der Waals surface area contributed by atoms with Crippen molar-refractivity contribution < 1.29 is 10.0 Å². The Morgan fingerprint density at radius 2 is 1.73 bits per heavy atom. The Balaban J connectivity index is 2.15. The van der Waals surface area contributed by atoms with Gasteiger partial charge in [0, 0.05) is 30.9 Å². The largest absolute Gasteiger partial charge is 0.508 e. The number of phenols is 1. The van der Waals surface area contributed by atoms with Crippen LogP contribution in [-0.4, -0.2) is 16.6 Å². The molecule has 2 aromatic rings. The molecule has 0 fully saturated rings. The molecule has 0 saturated carbocycles. The van der Waals surface area contributed by atoms with Crippen LogP contribution in [0.4, 0.5) is 11.4 Å². The predicted molar refractivity (Wildman–Crippen MR) is 87.2 cm³/mol. The van der Waals surface area contributed by atoms with Gasteiger partial charge in [-0.15, -0.1) is 0 Å². The molecule has 0 spiro atoms. The van der Waals surface area contributed by atoms with Crippen molar-refractivity contribution in [3.63, 3.8) is 0 Å². The molecule has 0 unspecified atom stereocenters. The summed E-state index contributed by atoms with van der Waals surface area (Å²) in [6, 6.07) is 13.8. The highest BCUT2D eigenvalue weighted by molar-refractivity contribution is 5.49. The van der Waals surface area contributed by atoms with Gasteiger partial charge in [0.25, 0.3) is 5.69 Å². The fourth-order valence-corrected chi connectivity index (χ4v) is 2.26. The van der Waals surface area contributed by atoms with Gasteiger partial charge in [0.15, 0.2) is 0 Å². The van der Waals surface area contributed by atoms with E-state index in [2.05, 4.69) is 11.8 Å². The number of anilines is 1. The van der Waals surface area contributed by atoms with Crippen molar-refractivity contribution in [2.75, 3.05) is 11.4 Å². The van der Waals surface area contributed by atoms with E-state index in [0.29, 0.717) is 6.54 Å². The third-order valence-electron chi connectivity index (χ3n) is 3.52. The van der Waals surface area contributed by atoms with Crippen molar-refractivity contribution in [2.45, 2.75) is 26.3 Å². The summed E-state index contributed by atoms with van der Waals surface area (Å²) in [6.45, 7) is 3.72. The summed E-state index contributed by atoms with van der Waals surface area (Å²) in [7, 11) is 0. The molecule has 0 heterocycles. The quantitative estimate of drug-likeness (QED) is 0.617. The van der Waals surface area contributed by atoms with Gasteiger partial charge in [0.2, 0.25) is 0 Å². The highest BCUT2D eigenvalue weighted by Crippen LogP contribution is 2.22. The maximum atomic E-state index is 10.7. The first-order valence-electron chi connectivity index (χ1n) is 7.37. The van der Waals surface area contributed by atoms with E-state index < -0.39 is 4.92 Å². The lowest BCUT2D eigenvalue weighted by atomic mass is 10.1. The van der Waals surface area contributed by atoms with E-state index in [1.54, 1.807) is 24.3 Å². The van der Waals surface area contributed by atoms with E-state index in [4.69, 9.17) is 0 Å². The number of nitro benzene ring substituents is 1. The number of nitrogens with zero attached hydrogens (tertiary/aromatic N) is 2. The average Bonchev–Trinajstić information content (AvgIpc) is 2.52. The topological polar surface area (TPSA) is 66.6 Å². The van der Waals surface area contributed by atoms with E-state index in [1.807, 2.05) is 12.1 Å². The van der Waals surface area contributed by atoms with E-state index in [-0.39, 0.29) is 11.4 Å². The Kier molecular flexibility index (Phi) is 5.36. The SMILES string of the molecule is CCCCN(Cc1ccc([N+](=O)[O-])cc1)c1ccc(O)cc1. The monoisotopic (exact) mass is 300 g/mol. The Morgan fingerprint density at radius 3 is 2.27 bits per heavy atom. The molecule has 1 N–H and O–H groups in total. The van der Waals surface area contributed by atoms with Crippen LogP contribution >= 0.6 is 0 Å². The number of hydrogen-bond donors (Lipinski definition) is 1. The summed E-state index contributed by atoms with van der Waals surface area (Å²) >= 11 is 0. The van der Waals surface area contributed by atoms with Gasteiger partial charge in [-0.3, -0.25) is 10.1 Å². The lowest BCUT2D eigenvalue weighted by molar-refractivity contribution is -0.384. The smallest absolute Gasteiger partial charge is 0.269 e. The average molecular weight is 300 g/mol. The van der Waals surface area contributed by atoms with E-state index in [0.717, 1.165) is 30.6 Å². The van der Waals surface area contributed by atoms with Crippen molar-refractivity contribution in [1.29, 1.82) is 0 Å². The molecule has 2 aromatic carbocycles. The van der Waals surface area contributed by atoms with Crippen molar-refractivity contribution in [1.82, 2.24) is 0 Å². The minimum Gasteiger partial charge on any atom is -0.508 e. The molecule has 0 aromatic heterocycles. The summed E-state index contributed by atoms with van der Waals surface area (Å²) < 4.78 is 0. The molecular weight excluding hydrogens is 280 g/mol. The Labute approximate surface area is 130 Å². The number of nitro groups is 1. The Hall–Kier alpha value is -2.56. The van der Waals surface area contributed by atoms with Crippen molar-refractivity contribution in [2.24, 2.45) is 0 Å². The fraction of sp³-hybridized carbons (Fsp3) is 0.294. The molecule has 22 heavy (non-hydrogen) atoms. The summed E-state index contributed by atoms with van der Waals surface area (Å²) in [5, 5.41) is 20.1. The zero-order valence-electron chi connectivity index (χ0n) is 12.6. The van der Waals surface area contributed by atoms with Gasteiger partial charge in [0.1, 0.15) is 5.75 Å². The molecule has 0 saturated heterocycles. The van der Waals surface area contributed by atoms with Crippen molar-refractivity contribution in [3.8, 4) is 5.75 Å². The van der Waals surface area contributed by atoms with Crippen LogP contribution in [0, 0.1) is 10.1 Å². The number of benzene rings is 2. The highest BCUT2D eigenvalue weighted by atomic mass is 16.6. The first-order chi connectivity index (χ1) is 10.6. The van der Waals surface area contributed by atoms with Crippen LogP contribution in [0.1, 0.15) is 25.3 Å². The van der Waals surface area contributed by atoms with Crippen LogP contribution in [0.2, 0.25) is 0 Å². The molecule has 5 nitrogen and oxygen atoms in total. The molecule has 116 valence electrons. The van der Waals surface area contributed by atoms with Gasteiger partial charge in [-0.1, -0.05) is 25.5 Å². The minimum atomic E-state index is -0.390. The number of phenolic OH excluding ortho intramolecular Hbond substituents is 1. The lowest BCUT2D eigenvalue weighted by Crippen LogP contribution is -2.23. The Morgan fingerprint density at radius 1 is 1.09 bits per heavy atom. The van der Waals surface area contributed by atoms with E-state index >= 15 is 0 Å². The number of non-ortho nitro benzene ring substituents is 1. The molecular formula is C17H20N2O3. The molecule has 0 radical (unpaired) electrons. The second kappa shape index (κ2) is 7.45. The number of unbranched alkanes of at least 4 members (excludes halogenated alkanes) is 1. The van der Waals surface area contributed by atoms with Crippen LogP contribution in [0.5, 0.6) is 5.75 Å². The van der Waals surface area contributed by atoms with E-state index in [1.165, 1.54) is 12.1 Å².